The first-order valence-corrected chi connectivity index (χ1v) is 12.9. The standard InChI is InChI=1S/C31H34N4O/c1-3-24-10-16-28(17-11-24)35-31(30(32-33-35)7-6-22-34-20-4-5-21-34)23-25-8-12-26(13-9-25)27-14-18-29(36-2)19-15-27/h3,8-19H,1,4-7,20-23H2,2H3. The smallest absolute Gasteiger partial charge is 0.118 e. The van der Waals surface area contributed by atoms with E-state index in [1.54, 1.807) is 7.11 Å². The maximum absolute atomic E-state index is 5.29. The summed E-state index contributed by atoms with van der Waals surface area (Å²) >= 11 is 0. The summed E-state index contributed by atoms with van der Waals surface area (Å²) < 4.78 is 7.30. The summed E-state index contributed by atoms with van der Waals surface area (Å²) in [5.74, 6) is 0.870. The maximum atomic E-state index is 5.29. The van der Waals surface area contributed by atoms with Gasteiger partial charge in [0, 0.05) is 6.42 Å². The van der Waals surface area contributed by atoms with E-state index in [2.05, 4.69) is 82.5 Å². The van der Waals surface area contributed by atoms with Crippen LogP contribution in [-0.2, 0) is 12.8 Å². The van der Waals surface area contributed by atoms with E-state index in [1.807, 2.05) is 22.9 Å². The molecule has 1 saturated heterocycles. The van der Waals surface area contributed by atoms with Crippen LogP contribution in [0.25, 0.3) is 22.9 Å². The Hall–Kier alpha value is -3.70. The first kappa shape index (κ1) is 24.0. The fourth-order valence-electron chi connectivity index (χ4n) is 4.93. The molecule has 1 aliphatic heterocycles. The maximum Gasteiger partial charge on any atom is 0.118 e. The van der Waals surface area contributed by atoms with Gasteiger partial charge in [-0.25, -0.2) is 4.68 Å². The summed E-state index contributed by atoms with van der Waals surface area (Å²) in [7, 11) is 1.69. The number of methoxy groups -OCH3 is 1. The minimum Gasteiger partial charge on any atom is -0.497 e. The van der Waals surface area contributed by atoms with Crippen molar-refractivity contribution in [2.45, 2.75) is 32.1 Å². The second-order valence-corrected chi connectivity index (χ2v) is 9.44. The highest BCUT2D eigenvalue weighted by Crippen LogP contribution is 2.25. The van der Waals surface area contributed by atoms with E-state index in [1.165, 1.54) is 48.3 Å². The van der Waals surface area contributed by atoms with Crippen LogP contribution in [0.4, 0.5) is 0 Å². The molecule has 0 bridgehead atoms. The molecule has 2 heterocycles. The van der Waals surface area contributed by atoms with Crippen molar-refractivity contribution in [3.63, 3.8) is 0 Å². The number of hydrogen-bond acceptors (Lipinski definition) is 4. The molecule has 0 spiro atoms. The Morgan fingerprint density at radius 2 is 1.56 bits per heavy atom. The Kier molecular flexibility index (Phi) is 7.58. The van der Waals surface area contributed by atoms with Gasteiger partial charge >= 0.3 is 0 Å². The Labute approximate surface area is 214 Å². The Morgan fingerprint density at radius 3 is 2.19 bits per heavy atom. The molecule has 4 aromatic rings. The van der Waals surface area contributed by atoms with Gasteiger partial charge in [-0.15, -0.1) is 5.10 Å². The van der Waals surface area contributed by atoms with Gasteiger partial charge in [0.05, 0.1) is 24.2 Å². The summed E-state index contributed by atoms with van der Waals surface area (Å²) in [5.41, 5.74) is 8.02. The lowest BCUT2D eigenvalue weighted by molar-refractivity contribution is 0.333. The van der Waals surface area contributed by atoms with Gasteiger partial charge < -0.3 is 9.64 Å². The summed E-state index contributed by atoms with van der Waals surface area (Å²) in [4.78, 5) is 2.57. The number of aryl methyl sites for hydroxylation is 1. The van der Waals surface area contributed by atoms with E-state index in [9.17, 15) is 0 Å². The molecular weight excluding hydrogens is 444 g/mol. The van der Waals surface area contributed by atoms with Gasteiger partial charge in [0.15, 0.2) is 0 Å². The lowest BCUT2D eigenvalue weighted by atomic mass is 10.0. The highest BCUT2D eigenvalue weighted by atomic mass is 16.5. The number of ether oxygens (including phenoxy) is 1. The molecular formula is C31H34N4O. The number of hydrogen-bond donors (Lipinski definition) is 0. The van der Waals surface area contributed by atoms with Crippen LogP contribution < -0.4 is 4.74 Å². The number of benzene rings is 3. The molecule has 5 rings (SSSR count). The van der Waals surface area contributed by atoms with Gasteiger partial charge in [0.1, 0.15) is 5.75 Å². The molecule has 1 fully saturated rings. The zero-order valence-electron chi connectivity index (χ0n) is 21.1. The van der Waals surface area contributed by atoms with Crippen molar-refractivity contribution in [1.29, 1.82) is 0 Å². The lowest BCUT2D eigenvalue weighted by Gasteiger charge is -2.14. The fourth-order valence-corrected chi connectivity index (χ4v) is 4.93. The molecule has 3 aromatic carbocycles. The largest absolute Gasteiger partial charge is 0.497 e. The highest BCUT2D eigenvalue weighted by molar-refractivity contribution is 5.64. The van der Waals surface area contributed by atoms with Crippen LogP contribution in [0.3, 0.4) is 0 Å². The molecule has 1 aliphatic rings. The molecule has 5 heteroatoms. The van der Waals surface area contributed by atoms with Crippen LogP contribution in [0.2, 0.25) is 0 Å². The average Bonchev–Trinajstić information content (AvgIpc) is 3.60. The second-order valence-electron chi connectivity index (χ2n) is 9.44. The molecule has 184 valence electrons. The molecule has 0 aliphatic carbocycles. The molecule has 0 N–H and O–H groups in total. The third-order valence-electron chi connectivity index (χ3n) is 7.05. The van der Waals surface area contributed by atoms with E-state index in [0.717, 1.165) is 48.5 Å². The van der Waals surface area contributed by atoms with Crippen molar-refractivity contribution in [2.75, 3.05) is 26.7 Å². The number of likely N-dealkylation sites (tertiary alicyclic amines) is 1. The fraction of sp³-hybridized carbons (Fsp3) is 0.290. The Balaban J connectivity index is 1.37. The monoisotopic (exact) mass is 478 g/mol. The van der Waals surface area contributed by atoms with E-state index in [0.29, 0.717) is 0 Å². The van der Waals surface area contributed by atoms with Crippen LogP contribution in [0.15, 0.2) is 79.4 Å². The number of rotatable bonds is 10. The van der Waals surface area contributed by atoms with E-state index >= 15 is 0 Å². The molecule has 0 saturated carbocycles. The normalized spacial score (nSPS) is 13.7. The van der Waals surface area contributed by atoms with Crippen molar-refractivity contribution in [3.05, 3.63) is 102 Å². The quantitative estimate of drug-likeness (QED) is 0.272. The first-order valence-electron chi connectivity index (χ1n) is 12.9. The van der Waals surface area contributed by atoms with Crippen molar-refractivity contribution < 1.29 is 4.74 Å². The zero-order valence-corrected chi connectivity index (χ0v) is 21.1. The molecule has 36 heavy (non-hydrogen) atoms. The zero-order chi connectivity index (χ0) is 24.7. The molecule has 0 radical (unpaired) electrons. The summed E-state index contributed by atoms with van der Waals surface area (Å²) in [5, 5.41) is 9.22. The lowest BCUT2D eigenvalue weighted by Crippen LogP contribution is -2.20. The topological polar surface area (TPSA) is 43.2 Å². The van der Waals surface area contributed by atoms with Gasteiger partial charge in [-0.1, -0.05) is 66.4 Å². The Morgan fingerprint density at radius 1 is 0.889 bits per heavy atom. The van der Waals surface area contributed by atoms with Crippen LogP contribution in [0.1, 0.15) is 41.8 Å². The van der Waals surface area contributed by atoms with E-state index in [-0.39, 0.29) is 0 Å². The third kappa shape index (κ3) is 5.58. The molecule has 5 nitrogen and oxygen atoms in total. The summed E-state index contributed by atoms with van der Waals surface area (Å²) in [6.45, 7) is 7.47. The minimum atomic E-state index is 0.790. The molecule has 0 unspecified atom stereocenters. The predicted molar refractivity (Wildman–Crippen MR) is 147 cm³/mol. The van der Waals surface area contributed by atoms with Crippen molar-refractivity contribution in [3.8, 4) is 22.6 Å². The minimum absolute atomic E-state index is 0.790. The third-order valence-corrected chi connectivity index (χ3v) is 7.05. The van der Waals surface area contributed by atoms with Crippen LogP contribution in [0, 0.1) is 0 Å². The van der Waals surface area contributed by atoms with E-state index in [4.69, 9.17) is 4.74 Å². The van der Waals surface area contributed by atoms with Gasteiger partial charge in [-0.3, -0.25) is 0 Å². The van der Waals surface area contributed by atoms with Crippen molar-refractivity contribution in [1.82, 2.24) is 19.9 Å². The average molecular weight is 479 g/mol. The predicted octanol–water partition coefficient (Wildman–Crippen LogP) is 6.21. The van der Waals surface area contributed by atoms with Crippen LogP contribution >= 0.6 is 0 Å². The summed E-state index contributed by atoms with van der Waals surface area (Å²) in [6.07, 6.45) is 7.36. The van der Waals surface area contributed by atoms with Crippen molar-refractivity contribution >= 4 is 6.08 Å². The van der Waals surface area contributed by atoms with Crippen LogP contribution in [0.5, 0.6) is 5.75 Å². The highest BCUT2D eigenvalue weighted by Gasteiger charge is 2.17. The first-order chi connectivity index (χ1) is 17.7. The van der Waals surface area contributed by atoms with Gasteiger partial charge in [-0.05, 0) is 91.8 Å². The number of aromatic nitrogens is 3. The Bertz CT molecular complexity index is 1270. The van der Waals surface area contributed by atoms with Gasteiger partial charge in [-0.2, -0.15) is 0 Å². The van der Waals surface area contributed by atoms with E-state index < -0.39 is 0 Å². The molecule has 0 atom stereocenters. The van der Waals surface area contributed by atoms with Crippen LogP contribution in [-0.4, -0.2) is 46.6 Å². The molecule has 0 amide bonds. The number of nitrogens with zero attached hydrogens (tertiary/aromatic N) is 4. The second kappa shape index (κ2) is 11.4. The van der Waals surface area contributed by atoms with Crippen molar-refractivity contribution in [2.24, 2.45) is 0 Å². The molecule has 1 aromatic heterocycles. The van der Waals surface area contributed by atoms with Gasteiger partial charge in [0.25, 0.3) is 0 Å². The summed E-state index contributed by atoms with van der Waals surface area (Å²) in [6, 6.07) is 25.3. The SMILES string of the molecule is C=Cc1ccc(-n2nnc(CCCN3CCCC3)c2Cc2ccc(-c3ccc(OC)cc3)cc2)cc1. The van der Waals surface area contributed by atoms with Gasteiger partial charge in [0.2, 0.25) is 0 Å².